The first-order valence-corrected chi connectivity index (χ1v) is 10.5. The highest BCUT2D eigenvalue weighted by molar-refractivity contribution is 5.70. The van der Waals surface area contributed by atoms with Gasteiger partial charge < -0.3 is 24.1 Å². The summed E-state index contributed by atoms with van der Waals surface area (Å²) >= 11 is 0. The van der Waals surface area contributed by atoms with Crippen molar-refractivity contribution in [1.29, 1.82) is 0 Å². The van der Waals surface area contributed by atoms with Gasteiger partial charge in [-0.15, -0.1) is 0 Å². The number of ether oxygens (including phenoxy) is 4. The topological polar surface area (TPSA) is 77.5 Å². The van der Waals surface area contributed by atoms with Gasteiger partial charge in [0.1, 0.15) is 11.5 Å². The third-order valence-electron chi connectivity index (χ3n) is 5.71. The van der Waals surface area contributed by atoms with Crippen molar-refractivity contribution in [1.82, 2.24) is 4.90 Å². The standard InChI is InChI=1S/C24H31NO6/c1-5-31-20-11-8-16(13-22(20)30-4)23(25-12-6-7-17(15-25)24(26)27)19-10-9-18(28-2)14-21(19)29-3/h8-11,13-14,17,23H,5-7,12,15H2,1-4H3,(H,26,27). The summed E-state index contributed by atoms with van der Waals surface area (Å²) in [5.74, 6) is 1.56. The SMILES string of the molecule is CCOc1ccc(C(c2ccc(OC)cc2OC)N2CCCC(C(=O)O)C2)cc1OC. The van der Waals surface area contributed by atoms with E-state index in [0.717, 1.165) is 24.1 Å². The van der Waals surface area contributed by atoms with Gasteiger partial charge in [0.05, 0.1) is 39.9 Å². The number of methoxy groups -OCH3 is 3. The van der Waals surface area contributed by atoms with Crippen LogP contribution in [-0.4, -0.2) is 57.0 Å². The molecule has 2 atom stereocenters. The lowest BCUT2D eigenvalue weighted by Gasteiger charge is -2.38. The fourth-order valence-electron chi connectivity index (χ4n) is 4.20. The van der Waals surface area contributed by atoms with Gasteiger partial charge in [0, 0.05) is 18.2 Å². The summed E-state index contributed by atoms with van der Waals surface area (Å²) in [6.45, 7) is 3.72. The molecule has 7 heteroatoms. The van der Waals surface area contributed by atoms with Gasteiger partial charge in [0.25, 0.3) is 0 Å². The van der Waals surface area contributed by atoms with E-state index in [0.29, 0.717) is 42.6 Å². The van der Waals surface area contributed by atoms with E-state index in [2.05, 4.69) is 4.90 Å². The maximum Gasteiger partial charge on any atom is 0.307 e. The van der Waals surface area contributed by atoms with Crippen molar-refractivity contribution in [3.8, 4) is 23.0 Å². The predicted octanol–water partition coefficient (Wildman–Crippen LogP) is 4.00. The van der Waals surface area contributed by atoms with Crippen LogP contribution in [0.1, 0.15) is 36.9 Å². The van der Waals surface area contributed by atoms with Crippen molar-refractivity contribution in [3.05, 3.63) is 47.5 Å². The number of rotatable bonds is 9. The summed E-state index contributed by atoms with van der Waals surface area (Å²) in [5.41, 5.74) is 1.93. The highest BCUT2D eigenvalue weighted by Crippen LogP contribution is 2.41. The second kappa shape index (κ2) is 10.4. The van der Waals surface area contributed by atoms with Gasteiger partial charge in [-0.1, -0.05) is 6.07 Å². The minimum absolute atomic E-state index is 0.201. The Labute approximate surface area is 183 Å². The van der Waals surface area contributed by atoms with Crippen LogP contribution in [0.2, 0.25) is 0 Å². The molecule has 0 radical (unpaired) electrons. The lowest BCUT2D eigenvalue weighted by atomic mass is 9.90. The van der Waals surface area contributed by atoms with E-state index in [1.165, 1.54) is 0 Å². The fourth-order valence-corrected chi connectivity index (χ4v) is 4.20. The summed E-state index contributed by atoms with van der Waals surface area (Å²) < 4.78 is 22.3. The van der Waals surface area contributed by atoms with E-state index in [-0.39, 0.29) is 6.04 Å². The Morgan fingerprint density at radius 2 is 1.84 bits per heavy atom. The zero-order chi connectivity index (χ0) is 22.4. The molecular formula is C24H31NO6. The van der Waals surface area contributed by atoms with Crippen molar-refractivity contribution < 1.29 is 28.8 Å². The molecule has 7 nitrogen and oxygen atoms in total. The average molecular weight is 430 g/mol. The Kier molecular flexibility index (Phi) is 7.63. The van der Waals surface area contributed by atoms with Crippen LogP contribution in [-0.2, 0) is 4.79 Å². The summed E-state index contributed by atoms with van der Waals surface area (Å²) in [5, 5.41) is 9.62. The van der Waals surface area contributed by atoms with Gasteiger partial charge in [-0.2, -0.15) is 0 Å². The minimum atomic E-state index is -0.755. The number of likely N-dealkylation sites (tertiary alicyclic amines) is 1. The van der Waals surface area contributed by atoms with Crippen LogP contribution >= 0.6 is 0 Å². The van der Waals surface area contributed by atoms with E-state index in [4.69, 9.17) is 18.9 Å². The number of hydrogen-bond donors (Lipinski definition) is 1. The summed E-state index contributed by atoms with van der Waals surface area (Å²) in [6, 6.07) is 11.4. The number of carboxylic acids is 1. The summed E-state index contributed by atoms with van der Waals surface area (Å²) in [4.78, 5) is 13.9. The third kappa shape index (κ3) is 5.05. The molecule has 1 N–H and O–H groups in total. The van der Waals surface area contributed by atoms with Gasteiger partial charge in [-0.05, 0) is 56.1 Å². The highest BCUT2D eigenvalue weighted by atomic mass is 16.5. The van der Waals surface area contributed by atoms with Gasteiger partial charge in [-0.25, -0.2) is 0 Å². The normalized spacial score (nSPS) is 17.6. The largest absolute Gasteiger partial charge is 0.497 e. The highest BCUT2D eigenvalue weighted by Gasteiger charge is 2.33. The van der Waals surface area contributed by atoms with Crippen molar-refractivity contribution in [3.63, 3.8) is 0 Å². The second-order valence-corrected chi connectivity index (χ2v) is 7.53. The van der Waals surface area contributed by atoms with Gasteiger partial charge in [-0.3, -0.25) is 9.69 Å². The molecule has 2 aromatic rings. The number of hydrogen-bond acceptors (Lipinski definition) is 6. The molecule has 0 bridgehead atoms. The minimum Gasteiger partial charge on any atom is -0.497 e. The molecule has 1 heterocycles. The molecule has 0 aromatic heterocycles. The Morgan fingerprint density at radius 1 is 1.06 bits per heavy atom. The first kappa shape index (κ1) is 22.7. The first-order chi connectivity index (χ1) is 15.0. The quantitative estimate of drug-likeness (QED) is 0.646. The van der Waals surface area contributed by atoms with Gasteiger partial charge in [0.2, 0.25) is 0 Å². The zero-order valence-electron chi connectivity index (χ0n) is 18.6. The van der Waals surface area contributed by atoms with Crippen molar-refractivity contribution in [2.45, 2.75) is 25.8 Å². The Balaban J connectivity index is 2.10. The molecule has 0 aliphatic carbocycles. The smallest absolute Gasteiger partial charge is 0.307 e. The average Bonchev–Trinajstić information content (AvgIpc) is 2.80. The maximum absolute atomic E-state index is 11.7. The summed E-state index contributed by atoms with van der Waals surface area (Å²) in [7, 11) is 4.86. The van der Waals surface area contributed by atoms with Gasteiger partial charge >= 0.3 is 5.97 Å². The monoisotopic (exact) mass is 429 g/mol. The number of nitrogens with zero attached hydrogens (tertiary/aromatic N) is 1. The zero-order valence-corrected chi connectivity index (χ0v) is 18.6. The van der Waals surface area contributed by atoms with Gasteiger partial charge in [0.15, 0.2) is 11.5 Å². The molecule has 168 valence electrons. The molecular weight excluding hydrogens is 398 g/mol. The number of benzene rings is 2. The van der Waals surface area contributed by atoms with E-state index in [9.17, 15) is 9.90 Å². The molecule has 1 aliphatic heterocycles. The van der Waals surface area contributed by atoms with E-state index in [1.807, 2.05) is 43.3 Å². The molecule has 3 rings (SSSR count). The number of carboxylic acid groups (broad SMARTS) is 1. The van der Waals surface area contributed by atoms with Crippen molar-refractivity contribution >= 4 is 5.97 Å². The van der Waals surface area contributed by atoms with Crippen LogP contribution in [0.15, 0.2) is 36.4 Å². The molecule has 1 saturated heterocycles. The van der Waals surface area contributed by atoms with Crippen LogP contribution in [0.25, 0.3) is 0 Å². The van der Waals surface area contributed by atoms with Crippen LogP contribution in [0.3, 0.4) is 0 Å². The third-order valence-corrected chi connectivity index (χ3v) is 5.71. The number of aliphatic carboxylic acids is 1. The molecule has 1 aliphatic rings. The van der Waals surface area contributed by atoms with Crippen molar-refractivity contribution in [2.24, 2.45) is 5.92 Å². The Morgan fingerprint density at radius 3 is 2.48 bits per heavy atom. The molecule has 31 heavy (non-hydrogen) atoms. The Hall–Kier alpha value is -2.93. The predicted molar refractivity (Wildman–Crippen MR) is 117 cm³/mol. The van der Waals surface area contributed by atoms with Crippen LogP contribution in [0.4, 0.5) is 0 Å². The molecule has 2 aromatic carbocycles. The van der Waals surface area contributed by atoms with E-state index >= 15 is 0 Å². The fraction of sp³-hybridized carbons (Fsp3) is 0.458. The maximum atomic E-state index is 11.7. The van der Waals surface area contributed by atoms with E-state index < -0.39 is 11.9 Å². The van der Waals surface area contributed by atoms with E-state index in [1.54, 1.807) is 21.3 Å². The molecule has 0 saturated carbocycles. The van der Waals surface area contributed by atoms with Crippen LogP contribution in [0, 0.1) is 5.92 Å². The first-order valence-electron chi connectivity index (χ1n) is 10.5. The Bertz CT molecular complexity index is 900. The molecule has 1 fully saturated rings. The number of carbonyl (C=O) groups is 1. The lowest BCUT2D eigenvalue weighted by Crippen LogP contribution is -2.41. The van der Waals surface area contributed by atoms with Crippen LogP contribution < -0.4 is 18.9 Å². The molecule has 0 amide bonds. The van der Waals surface area contributed by atoms with Crippen molar-refractivity contribution in [2.75, 3.05) is 41.0 Å². The molecule has 2 unspecified atom stereocenters. The second-order valence-electron chi connectivity index (χ2n) is 7.53. The lowest BCUT2D eigenvalue weighted by molar-refractivity contribution is -0.143. The van der Waals surface area contributed by atoms with Crippen LogP contribution in [0.5, 0.6) is 23.0 Å². The number of piperidine rings is 1. The summed E-state index contributed by atoms with van der Waals surface area (Å²) in [6.07, 6.45) is 1.50. The molecule has 0 spiro atoms.